The van der Waals surface area contributed by atoms with Crippen LogP contribution in [-0.2, 0) is 0 Å². The Bertz CT molecular complexity index is 2310. The molecular formula is C42H47FN10O2. The normalized spacial score (nSPS) is 17.3. The number of guanidine groups is 2. The summed E-state index contributed by atoms with van der Waals surface area (Å²) in [4.78, 5) is 61.1. The van der Waals surface area contributed by atoms with Gasteiger partial charge in [-0.2, -0.15) is 0 Å². The van der Waals surface area contributed by atoms with Gasteiger partial charge in [0.2, 0.25) is 0 Å². The van der Waals surface area contributed by atoms with Gasteiger partial charge in [0.05, 0.1) is 27.6 Å². The van der Waals surface area contributed by atoms with Crippen LogP contribution in [0.15, 0.2) is 64.6 Å². The van der Waals surface area contributed by atoms with Crippen LogP contribution in [0.3, 0.4) is 0 Å². The van der Waals surface area contributed by atoms with Crippen molar-refractivity contribution in [3.05, 3.63) is 71.5 Å². The van der Waals surface area contributed by atoms with Gasteiger partial charge in [0.15, 0.2) is 23.5 Å². The highest BCUT2D eigenvalue weighted by Gasteiger charge is 2.27. The molecule has 55 heavy (non-hydrogen) atoms. The van der Waals surface area contributed by atoms with Crippen LogP contribution < -0.4 is 0 Å². The number of halogens is 1. The highest BCUT2D eigenvalue weighted by molar-refractivity contribution is 6.00. The zero-order valence-electron chi connectivity index (χ0n) is 31.2. The van der Waals surface area contributed by atoms with Gasteiger partial charge in [-0.15, -0.1) is 0 Å². The zero-order chi connectivity index (χ0) is 37.3. The number of hydrogen-bond donors (Lipinski definition) is 2. The van der Waals surface area contributed by atoms with E-state index in [-0.39, 0.29) is 11.6 Å². The van der Waals surface area contributed by atoms with Gasteiger partial charge in [-0.05, 0) is 87.1 Å². The van der Waals surface area contributed by atoms with E-state index >= 15 is 4.39 Å². The summed E-state index contributed by atoms with van der Waals surface area (Å²) in [7, 11) is 0. The fourth-order valence-corrected chi connectivity index (χ4v) is 8.47. The molecule has 6 heterocycles. The van der Waals surface area contributed by atoms with Gasteiger partial charge in [0.1, 0.15) is 17.5 Å². The van der Waals surface area contributed by atoms with Crippen molar-refractivity contribution in [1.29, 1.82) is 0 Å². The summed E-state index contributed by atoms with van der Waals surface area (Å²) < 4.78 is 15.7. The molecule has 2 saturated heterocycles. The maximum absolute atomic E-state index is 15.7. The molecule has 4 aliphatic rings. The molecule has 284 valence electrons. The highest BCUT2D eigenvalue weighted by atomic mass is 19.1. The number of Topliss-reactive ketones (excluding diaryl/α,β-unsaturated/α-hetero) is 2. The van der Waals surface area contributed by atoms with Crippen LogP contribution in [-0.4, -0.2) is 128 Å². The Hall–Kier alpha value is -5.59. The predicted octanol–water partition coefficient (Wildman–Crippen LogP) is 6.37. The fraction of sp³-hybridized carbons (Fsp3) is 0.429. The molecule has 2 N–H and O–H groups in total. The van der Waals surface area contributed by atoms with Crippen molar-refractivity contribution in [2.75, 3.05) is 65.4 Å². The van der Waals surface area contributed by atoms with E-state index in [2.05, 4.69) is 34.6 Å². The summed E-state index contributed by atoms with van der Waals surface area (Å²) in [6, 6.07) is 15.9. The standard InChI is InChI=1S/C42H47FN10O2/c43-32-25-30(39-46-33-13-10-28(26-35(33)48-39)37(54)7-1-17-50-21-5-23-52-19-3-15-44-41(50)52)9-12-31(32)40-47-34-14-11-29(27-36(34)49-40)38(55)8-2-18-51-22-6-24-53-20-4-16-45-42(51)53/h9-14,25-27H,1-8,15-24H2,(H,46,48)(H,47,49). The number of hydrogen-bond acceptors (Lipinski definition) is 10. The molecule has 0 aliphatic carbocycles. The van der Waals surface area contributed by atoms with E-state index in [1.807, 2.05) is 36.4 Å². The summed E-state index contributed by atoms with van der Waals surface area (Å²) in [6.07, 6.45) is 6.89. The molecule has 13 heteroatoms. The molecule has 3 aromatic carbocycles. The lowest BCUT2D eigenvalue weighted by Crippen LogP contribution is -2.52. The lowest BCUT2D eigenvalue weighted by Gasteiger charge is -2.41. The summed E-state index contributed by atoms with van der Waals surface area (Å²) in [5, 5.41) is 0. The Morgan fingerprint density at radius 3 is 1.71 bits per heavy atom. The first-order valence-corrected chi connectivity index (χ1v) is 19.9. The second-order valence-corrected chi connectivity index (χ2v) is 15.1. The van der Waals surface area contributed by atoms with Crippen molar-refractivity contribution in [2.24, 2.45) is 9.98 Å². The van der Waals surface area contributed by atoms with Gasteiger partial charge in [-0.3, -0.25) is 19.6 Å². The lowest BCUT2D eigenvalue weighted by atomic mass is 10.1. The van der Waals surface area contributed by atoms with Crippen molar-refractivity contribution in [3.8, 4) is 22.8 Å². The summed E-state index contributed by atoms with van der Waals surface area (Å²) in [5.74, 6) is 2.83. The molecule has 5 aromatic rings. The number of H-pyrrole nitrogens is 2. The Balaban J connectivity index is 0.828. The third kappa shape index (κ3) is 7.31. The molecule has 9 rings (SSSR count). The van der Waals surface area contributed by atoms with E-state index in [4.69, 9.17) is 15.0 Å². The average molecular weight is 743 g/mol. The number of aliphatic imine (C=N–C) groups is 2. The van der Waals surface area contributed by atoms with Crippen molar-refractivity contribution in [3.63, 3.8) is 0 Å². The van der Waals surface area contributed by atoms with Gasteiger partial charge >= 0.3 is 0 Å². The third-order valence-electron chi connectivity index (χ3n) is 11.3. The number of ketones is 2. The molecular weight excluding hydrogens is 696 g/mol. The molecule has 2 fully saturated rings. The van der Waals surface area contributed by atoms with Gasteiger partial charge < -0.3 is 29.6 Å². The molecule has 0 amide bonds. The molecule has 0 spiro atoms. The minimum atomic E-state index is -0.445. The maximum Gasteiger partial charge on any atom is 0.196 e. The monoisotopic (exact) mass is 742 g/mol. The summed E-state index contributed by atoms with van der Waals surface area (Å²) in [6.45, 7) is 9.65. The van der Waals surface area contributed by atoms with Crippen molar-refractivity contribution >= 4 is 45.6 Å². The summed E-state index contributed by atoms with van der Waals surface area (Å²) >= 11 is 0. The van der Waals surface area contributed by atoms with E-state index in [0.717, 1.165) is 121 Å². The minimum Gasteiger partial charge on any atom is -0.343 e. The van der Waals surface area contributed by atoms with E-state index < -0.39 is 5.82 Å². The van der Waals surface area contributed by atoms with E-state index in [1.165, 1.54) is 6.07 Å². The fourth-order valence-electron chi connectivity index (χ4n) is 8.47. The van der Waals surface area contributed by atoms with Gasteiger partial charge in [0, 0.05) is 95.0 Å². The molecule has 2 aromatic heterocycles. The number of aromatic amines is 2. The first-order valence-electron chi connectivity index (χ1n) is 19.9. The third-order valence-corrected chi connectivity index (χ3v) is 11.3. The number of fused-ring (bicyclic) bond motifs is 4. The van der Waals surface area contributed by atoms with Crippen LogP contribution >= 0.6 is 0 Å². The number of carbonyl (C=O) groups is 2. The zero-order valence-corrected chi connectivity index (χ0v) is 31.2. The first kappa shape index (κ1) is 35.1. The minimum absolute atomic E-state index is 0.0784. The second-order valence-electron chi connectivity index (χ2n) is 15.1. The number of nitrogens with zero attached hydrogens (tertiary/aromatic N) is 8. The van der Waals surface area contributed by atoms with Crippen LogP contribution in [0.5, 0.6) is 0 Å². The predicted molar refractivity (Wildman–Crippen MR) is 213 cm³/mol. The molecule has 4 aliphatic heterocycles. The molecule has 0 saturated carbocycles. The number of benzene rings is 3. The number of nitrogens with one attached hydrogen (secondary N) is 2. The van der Waals surface area contributed by atoms with Gasteiger partial charge in [0.25, 0.3) is 0 Å². The number of imidazole rings is 2. The Labute approximate surface area is 319 Å². The Morgan fingerprint density at radius 2 is 1.15 bits per heavy atom. The topological polar surface area (TPSA) is 129 Å². The first-order chi connectivity index (χ1) is 27.0. The SMILES string of the molecule is O=C(CCCN1CCCN2CCCN=C21)c1ccc2nc(-c3ccc(-c4nc5ccc(C(=O)CCCN6CCCN7CCCN=C76)cc5[nH]4)c(F)c3)[nH]c2c1. The molecule has 0 atom stereocenters. The molecule has 12 nitrogen and oxygen atoms in total. The second kappa shape index (κ2) is 15.3. The Kier molecular flexibility index (Phi) is 9.76. The quantitative estimate of drug-likeness (QED) is 0.141. The largest absolute Gasteiger partial charge is 0.343 e. The summed E-state index contributed by atoms with van der Waals surface area (Å²) in [5.41, 5.74) is 4.95. The van der Waals surface area contributed by atoms with E-state index in [9.17, 15) is 9.59 Å². The van der Waals surface area contributed by atoms with Crippen LogP contribution in [0.2, 0.25) is 0 Å². The van der Waals surface area contributed by atoms with Gasteiger partial charge in [-0.25, -0.2) is 14.4 Å². The molecule has 0 radical (unpaired) electrons. The highest BCUT2D eigenvalue weighted by Crippen LogP contribution is 2.29. The smallest absolute Gasteiger partial charge is 0.196 e. The molecule has 0 unspecified atom stereocenters. The van der Waals surface area contributed by atoms with E-state index in [1.54, 1.807) is 12.1 Å². The maximum atomic E-state index is 15.7. The van der Waals surface area contributed by atoms with Crippen LogP contribution in [0.25, 0.3) is 44.8 Å². The van der Waals surface area contributed by atoms with Crippen molar-refractivity contribution < 1.29 is 14.0 Å². The number of carbonyl (C=O) groups excluding carboxylic acids is 2. The molecule has 0 bridgehead atoms. The number of rotatable bonds is 12. The Morgan fingerprint density at radius 1 is 0.618 bits per heavy atom. The van der Waals surface area contributed by atoms with Crippen molar-refractivity contribution in [1.82, 2.24) is 39.5 Å². The van der Waals surface area contributed by atoms with Crippen LogP contribution in [0, 0.1) is 5.82 Å². The van der Waals surface area contributed by atoms with Gasteiger partial charge in [-0.1, -0.05) is 6.07 Å². The number of aromatic nitrogens is 4. The lowest BCUT2D eigenvalue weighted by molar-refractivity contribution is 0.0968. The van der Waals surface area contributed by atoms with Crippen LogP contribution in [0.4, 0.5) is 4.39 Å². The van der Waals surface area contributed by atoms with Crippen molar-refractivity contribution in [2.45, 2.75) is 51.4 Å². The van der Waals surface area contributed by atoms with E-state index in [0.29, 0.717) is 63.3 Å². The van der Waals surface area contributed by atoms with Crippen LogP contribution in [0.1, 0.15) is 72.1 Å². The average Bonchev–Trinajstić information content (AvgIpc) is 3.85.